The highest BCUT2D eigenvalue weighted by atomic mass is 16.5. The molecule has 0 spiro atoms. The molecule has 2 rings (SSSR count). The van der Waals surface area contributed by atoms with Gasteiger partial charge in [-0.15, -0.1) is 0 Å². The molecule has 0 aliphatic carbocycles. The van der Waals surface area contributed by atoms with Crippen LogP contribution in [0.15, 0.2) is 42.5 Å². The van der Waals surface area contributed by atoms with Crippen molar-refractivity contribution in [2.24, 2.45) is 5.73 Å². The summed E-state index contributed by atoms with van der Waals surface area (Å²) in [4.78, 5) is 0. The first-order valence-corrected chi connectivity index (χ1v) is 6.93. The molecule has 0 aromatic heterocycles. The first-order chi connectivity index (χ1) is 9.72. The van der Waals surface area contributed by atoms with Crippen molar-refractivity contribution in [3.8, 4) is 17.2 Å². The largest absolute Gasteiger partial charge is 0.494 e. The summed E-state index contributed by atoms with van der Waals surface area (Å²) in [6.07, 6.45) is 1.00. The molecule has 0 fully saturated rings. The van der Waals surface area contributed by atoms with E-state index in [4.69, 9.17) is 15.2 Å². The van der Waals surface area contributed by atoms with Gasteiger partial charge >= 0.3 is 0 Å². The lowest BCUT2D eigenvalue weighted by atomic mass is 10.1. The molecular formula is C17H21NO2. The van der Waals surface area contributed by atoms with E-state index in [1.807, 2.05) is 49.4 Å². The van der Waals surface area contributed by atoms with Crippen molar-refractivity contribution in [3.05, 3.63) is 53.6 Å². The fourth-order valence-electron chi connectivity index (χ4n) is 1.83. The van der Waals surface area contributed by atoms with E-state index in [0.717, 1.165) is 41.4 Å². The van der Waals surface area contributed by atoms with Gasteiger partial charge in [0.15, 0.2) is 0 Å². The maximum Gasteiger partial charge on any atom is 0.130 e. The van der Waals surface area contributed by atoms with Crippen LogP contribution in [0.4, 0.5) is 0 Å². The number of nitrogens with two attached hydrogens (primary N) is 1. The maximum atomic E-state index is 5.90. The summed E-state index contributed by atoms with van der Waals surface area (Å²) >= 11 is 0. The van der Waals surface area contributed by atoms with E-state index >= 15 is 0 Å². The van der Waals surface area contributed by atoms with Crippen molar-refractivity contribution >= 4 is 0 Å². The first-order valence-electron chi connectivity index (χ1n) is 6.93. The summed E-state index contributed by atoms with van der Waals surface area (Å²) < 4.78 is 11.4. The summed E-state index contributed by atoms with van der Waals surface area (Å²) in [6, 6.07) is 13.7. The molecule has 0 aliphatic heterocycles. The third-order valence-electron chi connectivity index (χ3n) is 3.01. The molecule has 0 bridgehead atoms. The monoisotopic (exact) mass is 271 g/mol. The molecular weight excluding hydrogens is 250 g/mol. The van der Waals surface area contributed by atoms with Crippen molar-refractivity contribution < 1.29 is 9.47 Å². The van der Waals surface area contributed by atoms with Gasteiger partial charge in [0.25, 0.3) is 0 Å². The molecule has 2 aromatic carbocycles. The van der Waals surface area contributed by atoms with Crippen LogP contribution >= 0.6 is 0 Å². The van der Waals surface area contributed by atoms with Gasteiger partial charge in [-0.25, -0.2) is 0 Å². The predicted octanol–water partition coefficient (Wildman–Crippen LogP) is 4.03. The smallest absolute Gasteiger partial charge is 0.130 e. The maximum absolute atomic E-state index is 5.90. The Morgan fingerprint density at radius 2 is 1.70 bits per heavy atom. The Morgan fingerprint density at radius 3 is 2.35 bits per heavy atom. The number of aryl methyl sites for hydroxylation is 1. The van der Waals surface area contributed by atoms with Gasteiger partial charge in [-0.1, -0.05) is 19.1 Å². The Bertz CT molecular complexity index is 549. The molecule has 20 heavy (non-hydrogen) atoms. The van der Waals surface area contributed by atoms with E-state index < -0.39 is 0 Å². The summed E-state index contributed by atoms with van der Waals surface area (Å²) in [5.74, 6) is 2.51. The fraction of sp³-hybridized carbons (Fsp3) is 0.294. The highest BCUT2D eigenvalue weighted by molar-refractivity contribution is 5.41. The lowest BCUT2D eigenvalue weighted by Crippen LogP contribution is -1.97. The van der Waals surface area contributed by atoms with Gasteiger partial charge < -0.3 is 15.2 Å². The van der Waals surface area contributed by atoms with Crippen LogP contribution in [-0.4, -0.2) is 6.61 Å². The van der Waals surface area contributed by atoms with Gasteiger partial charge in [-0.05, 0) is 54.8 Å². The van der Waals surface area contributed by atoms with Gasteiger partial charge in [0.2, 0.25) is 0 Å². The second-order valence-electron chi connectivity index (χ2n) is 4.73. The second kappa shape index (κ2) is 6.96. The molecule has 2 aromatic rings. The van der Waals surface area contributed by atoms with Crippen LogP contribution < -0.4 is 15.2 Å². The molecule has 3 heteroatoms. The third kappa shape index (κ3) is 3.75. The Kier molecular flexibility index (Phi) is 5.02. The zero-order valence-corrected chi connectivity index (χ0v) is 12.1. The highest BCUT2D eigenvalue weighted by Crippen LogP contribution is 2.27. The van der Waals surface area contributed by atoms with Gasteiger partial charge in [0, 0.05) is 6.54 Å². The van der Waals surface area contributed by atoms with Crippen LogP contribution in [0.25, 0.3) is 0 Å². The fourth-order valence-corrected chi connectivity index (χ4v) is 1.83. The standard InChI is InChI=1S/C17H21NO2/c1-3-10-19-15-6-8-16(9-7-15)20-17-11-14(12-18)5-4-13(17)2/h4-9,11H,3,10,12,18H2,1-2H3. The van der Waals surface area contributed by atoms with Crippen molar-refractivity contribution in [2.75, 3.05) is 6.61 Å². The van der Waals surface area contributed by atoms with Crippen LogP contribution in [0.3, 0.4) is 0 Å². The van der Waals surface area contributed by atoms with Crippen molar-refractivity contribution in [1.29, 1.82) is 0 Å². The quantitative estimate of drug-likeness (QED) is 0.862. The normalized spacial score (nSPS) is 10.3. The molecule has 0 radical (unpaired) electrons. The Hall–Kier alpha value is -2.00. The lowest BCUT2D eigenvalue weighted by molar-refractivity contribution is 0.317. The molecule has 0 saturated heterocycles. The number of hydrogen-bond donors (Lipinski definition) is 1. The van der Waals surface area contributed by atoms with Crippen LogP contribution in [0.2, 0.25) is 0 Å². The molecule has 0 aliphatic rings. The van der Waals surface area contributed by atoms with Gasteiger partial charge in [0.05, 0.1) is 6.61 Å². The molecule has 0 saturated carbocycles. The number of ether oxygens (including phenoxy) is 2. The average Bonchev–Trinajstić information content (AvgIpc) is 2.49. The van der Waals surface area contributed by atoms with Gasteiger partial charge in [0.1, 0.15) is 17.2 Å². The van der Waals surface area contributed by atoms with Gasteiger partial charge in [-0.2, -0.15) is 0 Å². The molecule has 2 N–H and O–H groups in total. The molecule has 0 heterocycles. The number of benzene rings is 2. The molecule has 0 atom stereocenters. The van der Waals surface area contributed by atoms with Crippen molar-refractivity contribution in [1.82, 2.24) is 0 Å². The SMILES string of the molecule is CCCOc1ccc(Oc2cc(CN)ccc2C)cc1. The second-order valence-corrected chi connectivity index (χ2v) is 4.73. The Morgan fingerprint density at radius 1 is 1.00 bits per heavy atom. The van der Waals surface area contributed by atoms with Crippen molar-refractivity contribution in [2.45, 2.75) is 26.8 Å². The number of rotatable bonds is 6. The van der Waals surface area contributed by atoms with Gasteiger partial charge in [-0.3, -0.25) is 0 Å². The van der Waals surface area contributed by atoms with Crippen LogP contribution in [0.1, 0.15) is 24.5 Å². The van der Waals surface area contributed by atoms with E-state index in [9.17, 15) is 0 Å². The van der Waals surface area contributed by atoms with Crippen LogP contribution in [0, 0.1) is 6.92 Å². The molecule has 0 amide bonds. The average molecular weight is 271 g/mol. The lowest BCUT2D eigenvalue weighted by Gasteiger charge is -2.11. The van der Waals surface area contributed by atoms with E-state index in [1.54, 1.807) is 0 Å². The van der Waals surface area contributed by atoms with Crippen LogP contribution in [-0.2, 0) is 6.54 Å². The zero-order chi connectivity index (χ0) is 14.4. The first kappa shape index (κ1) is 14.4. The zero-order valence-electron chi connectivity index (χ0n) is 12.1. The summed E-state index contributed by atoms with van der Waals surface area (Å²) in [6.45, 7) is 5.36. The van der Waals surface area contributed by atoms with E-state index in [2.05, 4.69) is 6.92 Å². The summed E-state index contributed by atoms with van der Waals surface area (Å²) in [7, 11) is 0. The molecule has 106 valence electrons. The van der Waals surface area contributed by atoms with Crippen LogP contribution in [0.5, 0.6) is 17.2 Å². The van der Waals surface area contributed by atoms with Crippen molar-refractivity contribution in [3.63, 3.8) is 0 Å². The minimum atomic E-state index is 0.514. The van der Waals surface area contributed by atoms with E-state index in [1.165, 1.54) is 0 Å². The third-order valence-corrected chi connectivity index (χ3v) is 3.01. The Labute approximate surface area is 120 Å². The topological polar surface area (TPSA) is 44.5 Å². The predicted molar refractivity (Wildman–Crippen MR) is 81.4 cm³/mol. The summed E-state index contributed by atoms with van der Waals surface area (Å²) in [5.41, 5.74) is 7.81. The van der Waals surface area contributed by atoms with E-state index in [-0.39, 0.29) is 0 Å². The number of hydrogen-bond acceptors (Lipinski definition) is 3. The highest BCUT2D eigenvalue weighted by Gasteiger charge is 2.03. The molecule has 0 unspecified atom stereocenters. The Balaban J connectivity index is 2.09. The molecule has 3 nitrogen and oxygen atoms in total. The minimum absolute atomic E-state index is 0.514. The minimum Gasteiger partial charge on any atom is -0.494 e. The van der Waals surface area contributed by atoms with E-state index in [0.29, 0.717) is 6.54 Å². The summed E-state index contributed by atoms with van der Waals surface area (Å²) in [5, 5.41) is 0.